The third-order valence-corrected chi connectivity index (χ3v) is 3.67. The van der Waals surface area contributed by atoms with Crippen molar-refractivity contribution in [3.63, 3.8) is 0 Å². The van der Waals surface area contributed by atoms with Gasteiger partial charge in [0.05, 0.1) is 12.0 Å². The maximum Gasteiger partial charge on any atom is 0.391 e. The van der Waals surface area contributed by atoms with Gasteiger partial charge < -0.3 is 10.0 Å². The van der Waals surface area contributed by atoms with Crippen LogP contribution in [0, 0.1) is 5.92 Å². The van der Waals surface area contributed by atoms with Crippen molar-refractivity contribution in [2.24, 2.45) is 5.92 Å². The largest absolute Gasteiger partial charge is 0.391 e. The van der Waals surface area contributed by atoms with Crippen molar-refractivity contribution < 1.29 is 18.3 Å². The van der Waals surface area contributed by atoms with Gasteiger partial charge in [0.25, 0.3) is 0 Å². The molecule has 2 nitrogen and oxygen atoms in total. The van der Waals surface area contributed by atoms with Crippen LogP contribution in [-0.4, -0.2) is 35.8 Å². The van der Waals surface area contributed by atoms with E-state index in [1.54, 1.807) is 0 Å². The van der Waals surface area contributed by atoms with Crippen molar-refractivity contribution in [3.05, 3.63) is 35.9 Å². The minimum atomic E-state index is -4.08. The van der Waals surface area contributed by atoms with Crippen LogP contribution >= 0.6 is 0 Å². The molecule has 0 radical (unpaired) electrons. The molecule has 0 aromatic heterocycles. The molecular weight excluding hydrogens is 255 g/mol. The van der Waals surface area contributed by atoms with E-state index in [-0.39, 0.29) is 12.8 Å². The van der Waals surface area contributed by atoms with Crippen LogP contribution in [0.2, 0.25) is 0 Å². The molecule has 1 saturated heterocycles. The molecule has 1 atom stereocenters. The smallest absolute Gasteiger partial charge is 0.387 e. The van der Waals surface area contributed by atoms with E-state index in [0.717, 1.165) is 5.56 Å². The molecule has 0 spiro atoms. The first kappa shape index (κ1) is 14.3. The van der Waals surface area contributed by atoms with Crippen molar-refractivity contribution in [2.45, 2.75) is 25.1 Å². The van der Waals surface area contributed by atoms with Gasteiger partial charge in [-0.05, 0) is 31.5 Å². The van der Waals surface area contributed by atoms with Gasteiger partial charge in [-0.15, -0.1) is 0 Å². The van der Waals surface area contributed by atoms with Crippen LogP contribution in [0.4, 0.5) is 13.2 Å². The fraction of sp³-hybridized carbons (Fsp3) is 0.571. The van der Waals surface area contributed by atoms with Crippen LogP contribution in [0.15, 0.2) is 30.3 Å². The molecule has 1 aliphatic heterocycles. The highest BCUT2D eigenvalue weighted by Gasteiger charge is 2.41. The highest BCUT2D eigenvalue weighted by atomic mass is 19.4. The lowest BCUT2D eigenvalue weighted by Crippen LogP contribution is -2.40. The molecule has 2 rings (SSSR count). The summed E-state index contributed by atoms with van der Waals surface area (Å²) in [4.78, 5) is 1.90. The highest BCUT2D eigenvalue weighted by molar-refractivity contribution is 5.17. The molecule has 1 aliphatic rings. The van der Waals surface area contributed by atoms with Crippen LogP contribution in [0.5, 0.6) is 0 Å². The topological polar surface area (TPSA) is 23.5 Å². The van der Waals surface area contributed by atoms with E-state index >= 15 is 0 Å². The maximum absolute atomic E-state index is 12.5. The van der Waals surface area contributed by atoms with Gasteiger partial charge in [0, 0.05) is 6.54 Å². The molecule has 1 heterocycles. The normalized spacial score (nSPS) is 20.4. The summed E-state index contributed by atoms with van der Waals surface area (Å²) in [7, 11) is 0. The lowest BCUT2D eigenvalue weighted by atomic mass is 9.96. The summed E-state index contributed by atoms with van der Waals surface area (Å²) >= 11 is 0. The fourth-order valence-corrected chi connectivity index (χ4v) is 2.47. The van der Waals surface area contributed by atoms with Crippen molar-refractivity contribution in [1.29, 1.82) is 0 Å². The van der Waals surface area contributed by atoms with Crippen LogP contribution < -0.4 is 0 Å². The van der Waals surface area contributed by atoms with E-state index in [1.807, 2.05) is 35.2 Å². The second-order valence-electron chi connectivity index (χ2n) is 5.04. The Morgan fingerprint density at radius 3 is 2.26 bits per heavy atom. The predicted molar refractivity (Wildman–Crippen MR) is 66.6 cm³/mol. The summed E-state index contributed by atoms with van der Waals surface area (Å²) in [5.74, 6) is -1.18. The van der Waals surface area contributed by atoms with Crippen molar-refractivity contribution in [3.8, 4) is 0 Å². The van der Waals surface area contributed by atoms with Crippen LogP contribution in [0.25, 0.3) is 0 Å². The number of alkyl halides is 3. The molecule has 1 N–H and O–H groups in total. The standard InChI is InChI=1S/C14H18F3NO/c15-14(16,17)12-6-8-18(9-7-12)10-13(19)11-4-2-1-3-5-11/h1-5,12-13,19H,6-10H2/t13-/m1/s1. The molecule has 19 heavy (non-hydrogen) atoms. The van der Waals surface area contributed by atoms with E-state index in [2.05, 4.69) is 0 Å². The number of rotatable bonds is 3. The van der Waals surface area contributed by atoms with Crippen molar-refractivity contribution >= 4 is 0 Å². The number of piperidine rings is 1. The van der Waals surface area contributed by atoms with Gasteiger partial charge in [-0.1, -0.05) is 30.3 Å². The molecule has 106 valence electrons. The van der Waals surface area contributed by atoms with Crippen molar-refractivity contribution in [2.75, 3.05) is 19.6 Å². The Kier molecular flexibility index (Phi) is 4.47. The number of halogens is 3. The minimum Gasteiger partial charge on any atom is -0.387 e. The zero-order valence-corrected chi connectivity index (χ0v) is 10.6. The third kappa shape index (κ3) is 3.94. The SMILES string of the molecule is O[C@H](CN1CCC(C(F)(F)F)CC1)c1ccccc1. The molecule has 1 fully saturated rings. The summed E-state index contributed by atoms with van der Waals surface area (Å²) in [5, 5.41) is 10.0. The van der Waals surface area contributed by atoms with Gasteiger partial charge >= 0.3 is 6.18 Å². The lowest BCUT2D eigenvalue weighted by molar-refractivity contribution is -0.185. The number of aliphatic hydroxyl groups is 1. The molecule has 5 heteroatoms. The van der Waals surface area contributed by atoms with Crippen LogP contribution in [0.1, 0.15) is 24.5 Å². The number of aliphatic hydroxyl groups excluding tert-OH is 1. The highest BCUT2D eigenvalue weighted by Crippen LogP contribution is 2.34. The molecule has 1 aromatic carbocycles. The first-order valence-corrected chi connectivity index (χ1v) is 6.49. The zero-order valence-electron chi connectivity index (χ0n) is 10.6. The fourth-order valence-electron chi connectivity index (χ4n) is 2.47. The Labute approximate surface area is 110 Å². The Morgan fingerprint density at radius 2 is 1.74 bits per heavy atom. The number of hydrogen-bond acceptors (Lipinski definition) is 2. The zero-order chi connectivity index (χ0) is 13.9. The number of hydrogen-bond donors (Lipinski definition) is 1. The molecule has 0 aliphatic carbocycles. The second-order valence-corrected chi connectivity index (χ2v) is 5.04. The first-order valence-electron chi connectivity index (χ1n) is 6.49. The number of benzene rings is 1. The molecular formula is C14H18F3NO. The first-order chi connectivity index (χ1) is 8.97. The average molecular weight is 273 g/mol. The Bertz CT molecular complexity index is 385. The molecule has 1 aromatic rings. The Balaban J connectivity index is 1.83. The maximum atomic E-state index is 12.5. The average Bonchev–Trinajstić information content (AvgIpc) is 2.39. The molecule has 0 unspecified atom stereocenters. The van der Waals surface area contributed by atoms with Crippen molar-refractivity contribution in [1.82, 2.24) is 4.90 Å². The summed E-state index contributed by atoms with van der Waals surface area (Å²) in [6, 6.07) is 9.20. The second kappa shape index (κ2) is 5.92. The van der Waals surface area contributed by atoms with Crippen LogP contribution in [-0.2, 0) is 0 Å². The Morgan fingerprint density at radius 1 is 1.16 bits per heavy atom. The number of nitrogens with zero attached hydrogens (tertiary/aromatic N) is 1. The van der Waals surface area contributed by atoms with E-state index in [0.29, 0.717) is 19.6 Å². The minimum absolute atomic E-state index is 0.130. The molecule has 0 amide bonds. The van der Waals surface area contributed by atoms with E-state index in [4.69, 9.17) is 0 Å². The summed E-state index contributed by atoms with van der Waals surface area (Å²) in [6.45, 7) is 1.19. The molecule has 0 saturated carbocycles. The summed E-state index contributed by atoms with van der Waals surface area (Å²) < 4.78 is 37.6. The number of β-amino-alcohol motifs (C(OH)–C–C–N with tert-alkyl or cyclic N) is 1. The van der Waals surface area contributed by atoms with Crippen LogP contribution in [0.3, 0.4) is 0 Å². The van der Waals surface area contributed by atoms with Gasteiger partial charge in [-0.25, -0.2) is 0 Å². The van der Waals surface area contributed by atoms with E-state index < -0.39 is 18.2 Å². The summed E-state index contributed by atoms with van der Waals surface area (Å²) in [5.41, 5.74) is 0.806. The summed E-state index contributed by atoms with van der Waals surface area (Å²) in [6.07, 6.45) is -4.45. The third-order valence-electron chi connectivity index (χ3n) is 3.67. The Hall–Kier alpha value is -1.07. The lowest BCUT2D eigenvalue weighted by Gasteiger charge is -2.33. The van der Waals surface area contributed by atoms with Gasteiger partial charge in [-0.3, -0.25) is 0 Å². The monoisotopic (exact) mass is 273 g/mol. The van der Waals surface area contributed by atoms with Gasteiger partial charge in [0.2, 0.25) is 0 Å². The molecule has 0 bridgehead atoms. The predicted octanol–water partition coefficient (Wildman–Crippen LogP) is 2.99. The number of likely N-dealkylation sites (tertiary alicyclic amines) is 1. The quantitative estimate of drug-likeness (QED) is 0.915. The van der Waals surface area contributed by atoms with Gasteiger partial charge in [0.15, 0.2) is 0 Å². The van der Waals surface area contributed by atoms with Gasteiger partial charge in [-0.2, -0.15) is 13.2 Å². The van der Waals surface area contributed by atoms with E-state index in [9.17, 15) is 18.3 Å². The van der Waals surface area contributed by atoms with E-state index in [1.165, 1.54) is 0 Å². The van der Waals surface area contributed by atoms with Gasteiger partial charge in [0.1, 0.15) is 0 Å².